The second-order valence-corrected chi connectivity index (χ2v) is 3.40. The molecule has 0 aliphatic rings. The number of nitrogens with one attached hydrogen (secondary N) is 1. The Morgan fingerprint density at radius 3 is 1.71 bits per heavy atom. The Labute approximate surface area is 87.2 Å². The van der Waals surface area contributed by atoms with Crippen molar-refractivity contribution < 1.29 is 31.1 Å². The third-order valence-corrected chi connectivity index (χ3v) is 1.53. The minimum atomic E-state index is -5.41. The van der Waals surface area contributed by atoms with Crippen LogP contribution in [0, 0.1) is 5.41 Å². The molecule has 0 unspecified atom stereocenters. The Hall–Kier alpha value is -0.260. The molecule has 0 aromatic rings. The molecule has 0 aromatic heterocycles. The van der Waals surface area contributed by atoms with Crippen molar-refractivity contribution in [2.24, 2.45) is 5.73 Å². The summed E-state index contributed by atoms with van der Waals surface area (Å²) in [5.74, 6) is -2.09. The first-order chi connectivity index (χ1) is 5.90. The molecule has 84 valence electrons. The van der Waals surface area contributed by atoms with Gasteiger partial charge in [0.25, 0.3) is 0 Å². The summed E-state index contributed by atoms with van der Waals surface area (Å²) in [6.45, 7) is 0. The van der Waals surface area contributed by atoms with Crippen LogP contribution in [0.3, 0.4) is 0 Å². The van der Waals surface area contributed by atoms with Crippen molar-refractivity contribution in [1.82, 2.24) is 0 Å². The van der Waals surface area contributed by atoms with Crippen LogP contribution in [0.4, 0.5) is 26.3 Å². The molecule has 0 aliphatic carbocycles. The Balaban J connectivity index is 4.76. The van der Waals surface area contributed by atoms with Crippen molar-refractivity contribution in [3.63, 3.8) is 0 Å². The van der Waals surface area contributed by atoms with Crippen molar-refractivity contribution in [2.75, 3.05) is 0 Å². The lowest BCUT2D eigenvalue weighted by Gasteiger charge is -2.25. The molecule has 0 bridgehead atoms. The molecule has 0 saturated heterocycles. The second-order valence-electron chi connectivity index (χ2n) is 2.05. The van der Waals surface area contributed by atoms with Crippen LogP contribution in [0.1, 0.15) is 0 Å². The van der Waals surface area contributed by atoms with Gasteiger partial charge in [-0.05, 0) is 0 Å². The maximum absolute atomic E-state index is 12.2. The molecule has 0 aliphatic heterocycles. The predicted octanol–water partition coefficient (Wildman–Crippen LogP) is 2.15. The van der Waals surface area contributed by atoms with Crippen molar-refractivity contribution >= 4 is 28.4 Å². The number of hydrogen-bond donors (Lipinski definition) is 2. The summed E-state index contributed by atoms with van der Waals surface area (Å²) < 4.78 is 70.3. The highest BCUT2D eigenvalue weighted by Crippen LogP contribution is 2.43. The molecule has 0 rings (SSSR count). The number of ether oxygens (including phenoxy) is 1. The van der Waals surface area contributed by atoms with Gasteiger partial charge in [-0.25, -0.2) is 4.74 Å². The molecule has 0 aromatic carbocycles. The molecule has 0 saturated carbocycles. The third kappa shape index (κ3) is 3.15. The van der Waals surface area contributed by atoms with Crippen molar-refractivity contribution in [3.8, 4) is 0 Å². The molecular formula is C4H3F6IN2O. The Morgan fingerprint density at radius 2 is 1.50 bits per heavy atom. The van der Waals surface area contributed by atoms with Gasteiger partial charge in [-0.3, -0.25) is 5.41 Å². The Bertz CT molecular complexity index is 238. The maximum Gasteiger partial charge on any atom is 0.433 e. The van der Waals surface area contributed by atoms with Crippen molar-refractivity contribution in [3.05, 3.63) is 0 Å². The molecule has 0 spiro atoms. The quantitative estimate of drug-likeness (QED) is 0.272. The number of halogens is 7. The summed E-state index contributed by atoms with van der Waals surface area (Å²) in [6.07, 6.45) is -10.3. The summed E-state index contributed by atoms with van der Waals surface area (Å²) in [7, 11) is 0. The fourth-order valence-electron chi connectivity index (χ4n) is 0.274. The molecule has 3 nitrogen and oxygen atoms in total. The van der Waals surface area contributed by atoms with Crippen LogP contribution in [0.25, 0.3) is 0 Å². The molecule has 3 N–H and O–H groups in total. The monoisotopic (exact) mass is 336 g/mol. The number of rotatable bonds is 4. The van der Waals surface area contributed by atoms with Crippen molar-refractivity contribution in [2.45, 2.75) is 16.1 Å². The van der Waals surface area contributed by atoms with Gasteiger partial charge in [0.15, 0.2) is 5.84 Å². The van der Waals surface area contributed by atoms with Crippen LogP contribution in [0.5, 0.6) is 0 Å². The number of hydrogen-bond acceptors (Lipinski definition) is 2. The van der Waals surface area contributed by atoms with Crippen LogP contribution >= 0.6 is 22.6 Å². The van der Waals surface area contributed by atoms with E-state index in [2.05, 4.69) is 10.5 Å². The first-order valence-electron chi connectivity index (χ1n) is 2.77. The normalized spacial score (nSPS) is 14.2. The summed E-state index contributed by atoms with van der Waals surface area (Å²) in [5, 5.41) is 6.10. The lowest BCUT2D eigenvalue weighted by molar-refractivity contribution is -0.386. The highest BCUT2D eigenvalue weighted by atomic mass is 127. The first kappa shape index (κ1) is 13.7. The van der Waals surface area contributed by atoms with Crippen LogP contribution in [-0.2, 0) is 4.74 Å². The molecule has 0 fully saturated rings. The van der Waals surface area contributed by atoms with E-state index in [9.17, 15) is 26.3 Å². The lowest BCUT2D eigenvalue weighted by atomic mass is 10.5. The van der Waals surface area contributed by atoms with Gasteiger partial charge < -0.3 is 5.73 Å². The average molecular weight is 336 g/mol. The van der Waals surface area contributed by atoms with E-state index in [1.54, 1.807) is 0 Å². The van der Waals surface area contributed by atoms with E-state index in [1.165, 1.54) is 0 Å². The summed E-state index contributed by atoms with van der Waals surface area (Å²) in [6, 6.07) is 0. The minimum absolute atomic E-state index is 0.0702. The van der Waals surface area contributed by atoms with Gasteiger partial charge >= 0.3 is 16.1 Å². The molecule has 0 atom stereocenters. The fraction of sp³-hybridized carbons (Fsp3) is 0.750. The van der Waals surface area contributed by atoms with E-state index in [-0.39, 0.29) is 22.6 Å². The van der Waals surface area contributed by atoms with Gasteiger partial charge in [0.05, 0.1) is 0 Å². The lowest BCUT2D eigenvalue weighted by Crippen LogP contribution is -2.48. The molecule has 0 heterocycles. The third-order valence-electron chi connectivity index (χ3n) is 0.900. The standard InChI is InChI=1S/C4H3F6IN2O/c5-2(6,1(12)13)14-4(9,10)3(7,8)11/h(H3,12,13). The minimum Gasteiger partial charge on any atom is -0.380 e. The maximum atomic E-state index is 12.2. The molecule has 0 radical (unpaired) electrons. The van der Waals surface area contributed by atoms with Crippen molar-refractivity contribution in [1.29, 1.82) is 5.41 Å². The smallest absolute Gasteiger partial charge is 0.380 e. The molecular weight excluding hydrogens is 333 g/mol. The Kier molecular flexibility index (Phi) is 3.65. The molecule has 0 amide bonds. The van der Waals surface area contributed by atoms with Crippen LogP contribution in [0.15, 0.2) is 0 Å². The van der Waals surface area contributed by atoms with Crippen LogP contribution in [-0.4, -0.2) is 22.0 Å². The highest BCUT2D eigenvalue weighted by molar-refractivity contribution is 14.1. The highest BCUT2D eigenvalue weighted by Gasteiger charge is 2.61. The van der Waals surface area contributed by atoms with Gasteiger partial charge in [0.2, 0.25) is 0 Å². The zero-order chi connectivity index (χ0) is 11.8. The second kappa shape index (κ2) is 3.72. The molecule has 14 heavy (non-hydrogen) atoms. The van der Waals surface area contributed by atoms with Gasteiger partial charge in [-0.1, -0.05) is 0 Å². The Morgan fingerprint density at radius 1 is 1.14 bits per heavy atom. The van der Waals surface area contributed by atoms with E-state index < -0.39 is 22.0 Å². The van der Waals surface area contributed by atoms with E-state index >= 15 is 0 Å². The fourth-order valence-corrected chi connectivity index (χ4v) is 0.384. The number of nitrogens with two attached hydrogens (primary N) is 1. The first-order valence-corrected chi connectivity index (χ1v) is 3.85. The van der Waals surface area contributed by atoms with Gasteiger partial charge in [-0.15, -0.1) is 0 Å². The van der Waals surface area contributed by atoms with E-state index in [0.29, 0.717) is 0 Å². The number of amidine groups is 1. The van der Waals surface area contributed by atoms with E-state index in [1.807, 2.05) is 0 Å². The average Bonchev–Trinajstić information content (AvgIpc) is 1.80. The summed E-state index contributed by atoms with van der Waals surface area (Å²) >= 11 is -0.0702. The zero-order valence-electron chi connectivity index (χ0n) is 6.13. The largest absolute Gasteiger partial charge is 0.433 e. The molecule has 10 heteroatoms. The predicted molar refractivity (Wildman–Crippen MR) is 41.9 cm³/mol. The van der Waals surface area contributed by atoms with E-state index in [4.69, 9.17) is 5.41 Å². The summed E-state index contributed by atoms with van der Waals surface area (Å²) in [4.78, 5) is 0. The number of alkyl halides is 7. The van der Waals surface area contributed by atoms with Crippen LogP contribution < -0.4 is 5.73 Å². The van der Waals surface area contributed by atoms with Gasteiger partial charge in [-0.2, -0.15) is 26.3 Å². The topological polar surface area (TPSA) is 59.1 Å². The summed E-state index contributed by atoms with van der Waals surface area (Å²) in [5.41, 5.74) is 4.15. The van der Waals surface area contributed by atoms with E-state index in [0.717, 1.165) is 0 Å². The van der Waals surface area contributed by atoms with Crippen LogP contribution in [0.2, 0.25) is 0 Å². The zero-order valence-corrected chi connectivity index (χ0v) is 8.29. The SMILES string of the molecule is N=C(N)C(F)(F)OC(F)(F)C(F)(F)I. The van der Waals surface area contributed by atoms with Gasteiger partial charge in [0, 0.05) is 22.6 Å². The van der Waals surface area contributed by atoms with Gasteiger partial charge in [0.1, 0.15) is 0 Å².